The quantitative estimate of drug-likeness (QED) is 0.484. The molecule has 1 saturated carbocycles. The molecule has 6 heteroatoms. The van der Waals surface area contributed by atoms with E-state index in [-0.39, 0.29) is 5.43 Å². The number of benzene rings is 2. The molecule has 6 rings (SSSR count). The highest BCUT2D eigenvalue weighted by atomic mass is 16.1. The first kappa shape index (κ1) is 19.9. The van der Waals surface area contributed by atoms with Crippen LogP contribution in [0.1, 0.15) is 36.4 Å². The summed E-state index contributed by atoms with van der Waals surface area (Å²) in [6.45, 7) is 3.80. The van der Waals surface area contributed by atoms with Gasteiger partial charge in [0.05, 0.1) is 28.2 Å². The molecular formula is C27H25N5O. The van der Waals surface area contributed by atoms with E-state index >= 15 is 0 Å². The second kappa shape index (κ2) is 7.40. The van der Waals surface area contributed by atoms with Gasteiger partial charge in [-0.25, -0.2) is 0 Å². The van der Waals surface area contributed by atoms with Gasteiger partial charge in [-0.05, 0) is 50.6 Å². The highest BCUT2D eigenvalue weighted by molar-refractivity contribution is 6.10. The monoisotopic (exact) mass is 435 g/mol. The van der Waals surface area contributed by atoms with Gasteiger partial charge in [-0.3, -0.25) is 4.79 Å². The molecule has 1 aliphatic carbocycles. The van der Waals surface area contributed by atoms with Gasteiger partial charge in [-0.1, -0.05) is 12.0 Å². The topological polar surface area (TPSA) is 68.1 Å². The van der Waals surface area contributed by atoms with Crippen LogP contribution in [0.5, 0.6) is 0 Å². The Labute approximate surface area is 192 Å². The summed E-state index contributed by atoms with van der Waals surface area (Å²) in [7, 11) is 2.14. The van der Waals surface area contributed by atoms with E-state index in [4.69, 9.17) is 6.42 Å². The molecule has 1 saturated heterocycles. The van der Waals surface area contributed by atoms with Crippen LogP contribution in [-0.4, -0.2) is 47.7 Å². The molecule has 3 heterocycles. The van der Waals surface area contributed by atoms with Gasteiger partial charge in [0.15, 0.2) is 5.43 Å². The average molecular weight is 436 g/mol. The highest BCUT2D eigenvalue weighted by Gasteiger charge is 2.27. The van der Waals surface area contributed by atoms with Gasteiger partial charge < -0.3 is 19.4 Å². The van der Waals surface area contributed by atoms with Crippen molar-refractivity contribution in [3.63, 3.8) is 0 Å². The highest BCUT2D eigenvalue weighted by Crippen LogP contribution is 2.39. The maximum absolute atomic E-state index is 13.8. The molecule has 2 fully saturated rings. The van der Waals surface area contributed by atoms with Gasteiger partial charge in [0.1, 0.15) is 5.65 Å². The summed E-state index contributed by atoms with van der Waals surface area (Å²) in [5.74, 6) is 2.85. The summed E-state index contributed by atoms with van der Waals surface area (Å²) in [5.41, 5.74) is 4.99. The van der Waals surface area contributed by atoms with E-state index in [0.717, 1.165) is 72.3 Å². The van der Waals surface area contributed by atoms with E-state index < -0.39 is 0 Å². The zero-order chi connectivity index (χ0) is 22.7. The number of H-pyrrole nitrogens is 1. The summed E-state index contributed by atoms with van der Waals surface area (Å²) >= 11 is 0. The summed E-state index contributed by atoms with van der Waals surface area (Å²) in [6, 6.07) is 12.1. The lowest BCUT2D eigenvalue weighted by Gasteiger charge is -2.35. The number of rotatable bonds is 2. The third kappa shape index (κ3) is 2.95. The third-order valence-corrected chi connectivity index (χ3v) is 7.43. The number of hydrogen-bond donors (Lipinski definition) is 1. The van der Waals surface area contributed by atoms with Gasteiger partial charge >= 0.3 is 0 Å². The van der Waals surface area contributed by atoms with E-state index in [1.807, 2.05) is 18.2 Å². The van der Waals surface area contributed by atoms with Crippen molar-refractivity contribution in [1.82, 2.24) is 14.5 Å². The van der Waals surface area contributed by atoms with Crippen molar-refractivity contribution in [3.8, 4) is 18.4 Å². The molecule has 0 amide bonds. The van der Waals surface area contributed by atoms with Crippen LogP contribution >= 0.6 is 0 Å². The number of nitriles is 1. The molecule has 4 aromatic rings. The molecule has 2 aromatic heterocycles. The van der Waals surface area contributed by atoms with E-state index in [1.165, 1.54) is 6.42 Å². The Morgan fingerprint density at radius 2 is 1.88 bits per heavy atom. The molecule has 2 aliphatic rings. The number of likely N-dealkylation sites (N-methyl/N-ethyl adjacent to an activating group) is 1. The van der Waals surface area contributed by atoms with Crippen molar-refractivity contribution >= 4 is 38.5 Å². The zero-order valence-electron chi connectivity index (χ0n) is 18.7. The lowest BCUT2D eigenvalue weighted by atomic mass is 9.91. The first-order valence-electron chi connectivity index (χ1n) is 11.6. The summed E-state index contributed by atoms with van der Waals surface area (Å²) in [5, 5.41) is 11.6. The van der Waals surface area contributed by atoms with Crippen molar-refractivity contribution in [1.29, 1.82) is 5.26 Å². The predicted octanol–water partition coefficient (Wildman–Crippen LogP) is 3.97. The van der Waals surface area contributed by atoms with Crippen LogP contribution in [0.15, 0.2) is 35.1 Å². The predicted molar refractivity (Wildman–Crippen MR) is 133 cm³/mol. The molecule has 0 bridgehead atoms. The number of hydrogen-bond acceptors (Lipinski definition) is 4. The number of fused-ring (bicyclic) bond motifs is 4. The number of anilines is 1. The van der Waals surface area contributed by atoms with Crippen LogP contribution in [0.3, 0.4) is 0 Å². The SMILES string of the molecule is C#Cc1cc2c(=O)c3c4ccc(C#N)cc4[nH]c3n(C3CCC3)c2cc1N1CCN(C)CC1. The Bertz CT molecular complexity index is 1570. The first-order valence-corrected chi connectivity index (χ1v) is 11.6. The number of aromatic amines is 1. The van der Waals surface area contributed by atoms with Crippen molar-refractivity contribution in [2.45, 2.75) is 25.3 Å². The summed E-state index contributed by atoms with van der Waals surface area (Å²) in [4.78, 5) is 22.0. The molecule has 1 N–H and O–H groups in total. The molecule has 33 heavy (non-hydrogen) atoms. The second-order valence-electron chi connectivity index (χ2n) is 9.33. The summed E-state index contributed by atoms with van der Waals surface area (Å²) in [6.07, 6.45) is 9.31. The van der Waals surface area contributed by atoms with Crippen LogP contribution < -0.4 is 10.3 Å². The first-order chi connectivity index (χ1) is 16.1. The largest absolute Gasteiger partial charge is 0.368 e. The zero-order valence-corrected chi connectivity index (χ0v) is 18.7. The number of nitrogens with one attached hydrogen (secondary N) is 1. The lowest BCUT2D eigenvalue weighted by molar-refractivity contribution is 0.312. The molecule has 0 spiro atoms. The molecule has 2 aromatic carbocycles. The Morgan fingerprint density at radius 1 is 1.09 bits per heavy atom. The maximum Gasteiger partial charge on any atom is 0.199 e. The summed E-state index contributed by atoms with van der Waals surface area (Å²) < 4.78 is 2.32. The number of piperazine rings is 1. The van der Waals surface area contributed by atoms with Crippen LogP contribution in [0.2, 0.25) is 0 Å². The second-order valence-corrected chi connectivity index (χ2v) is 9.33. The molecule has 0 atom stereocenters. The minimum atomic E-state index is -0.00652. The number of aromatic nitrogens is 2. The molecule has 6 nitrogen and oxygen atoms in total. The third-order valence-electron chi connectivity index (χ3n) is 7.43. The van der Waals surface area contributed by atoms with Gasteiger partial charge in [-0.2, -0.15) is 5.26 Å². The van der Waals surface area contributed by atoms with Crippen LogP contribution in [-0.2, 0) is 0 Å². The van der Waals surface area contributed by atoms with E-state index in [1.54, 1.807) is 6.07 Å². The molecule has 164 valence electrons. The van der Waals surface area contributed by atoms with Crippen molar-refractivity contribution in [3.05, 3.63) is 51.7 Å². The fourth-order valence-corrected chi connectivity index (χ4v) is 5.33. The number of pyridine rings is 1. The maximum atomic E-state index is 13.8. The standard InChI is InChI=1S/C27H25N5O/c1-3-18-14-21-24(15-23(18)31-11-9-30(2)10-12-31)32(19-5-4-6-19)27-25(26(21)33)20-8-7-17(16-28)13-22(20)29-27/h1,7-8,13-15,19,29H,4-6,9-12H2,2H3. The minimum Gasteiger partial charge on any atom is -0.368 e. The van der Waals surface area contributed by atoms with Gasteiger partial charge in [0, 0.05) is 54.1 Å². The van der Waals surface area contributed by atoms with Crippen molar-refractivity contribution < 1.29 is 0 Å². The van der Waals surface area contributed by atoms with Crippen LogP contribution in [0.4, 0.5) is 5.69 Å². The lowest BCUT2D eigenvalue weighted by Crippen LogP contribution is -2.44. The molecule has 0 unspecified atom stereocenters. The smallest absolute Gasteiger partial charge is 0.199 e. The molecule has 0 radical (unpaired) electrons. The molecule has 1 aliphatic heterocycles. The Morgan fingerprint density at radius 3 is 2.55 bits per heavy atom. The fraction of sp³-hybridized carbons (Fsp3) is 0.333. The van der Waals surface area contributed by atoms with E-state index in [2.05, 4.69) is 44.5 Å². The van der Waals surface area contributed by atoms with Gasteiger partial charge in [0.25, 0.3) is 0 Å². The average Bonchev–Trinajstić information content (AvgIpc) is 3.18. The Kier molecular flexibility index (Phi) is 4.47. The van der Waals surface area contributed by atoms with E-state index in [9.17, 15) is 10.1 Å². The van der Waals surface area contributed by atoms with Crippen LogP contribution in [0, 0.1) is 23.7 Å². The van der Waals surface area contributed by atoms with Gasteiger partial charge in [0.2, 0.25) is 0 Å². The fourth-order valence-electron chi connectivity index (χ4n) is 5.33. The van der Waals surface area contributed by atoms with Crippen LogP contribution in [0.25, 0.3) is 32.8 Å². The molecular weight excluding hydrogens is 410 g/mol. The number of terminal acetylenes is 1. The Balaban J connectivity index is 1.69. The normalized spacial score (nSPS) is 17.4. The van der Waals surface area contributed by atoms with Gasteiger partial charge in [-0.15, -0.1) is 6.42 Å². The Hall–Kier alpha value is -3.74. The van der Waals surface area contributed by atoms with Crippen molar-refractivity contribution in [2.24, 2.45) is 0 Å². The van der Waals surface area contributed by atoms with E-state index in [0.29, 0.717) is 22.4 Å². The van der Waals surface area contributed by atoms with Crippen molar-refractivity contribution in [2.75, 3.05) is 38.1 Å². The number of nitrogens with zero attached hydrogens (tertiary/aromatic N) is 4. The minimum absolute atomic E-state index is 0.00652.